The minimum Gasteiger partial charge on any atom is -0.350 e. The molecule has 2 aromatic heterocycles. The lowest BCUT2D eigenvalue weighted by atomic mass is 9.94. The van der Waals surface area contributed by atoms with Crippen LogP contribution in [0.4, 0.5) is 0 Å². The Labute approximate surface area is 119 Å². The van der Waals surface area contributed by atoms with E-state index in [0.717, 1.165) is 0 Å². The molecule has 1 unspecified atom stereocenters. The van der Waals surface area contributed by atoms with Crippen molar-refractivity contribution in [3.8, 4) is 0 Å². The van der Waals surface area contributed by atoms with Gasteiger partial charge in [0.05, 0.1) is 0 Å². The lowest BCUT2D eigenvalue weighted by Crippen LogP contribution is -1.95. The van der Waals surface area contributed by atoms with Crippen LogP contribution in [0, 0.1) is 0 Å². The van der Waals surface area contributed by atoms with E-state index in [9.17, 15) is 0 Å². The van der Waals surface area contributed by atoms with Crippen molar-refractivity contribution in [2.75, 3.05) is 0 Å². The minimum atomic E-state index is 0. The highest BCUT2D eigenvalue weighted by atomic mass is 35.5. The van der Waals surface area contributed by atoms with E-state index >= 15 is 0 Å². The third kappa shape index (κ3) is 2.36. The lowest BCUT2D eigenvalue weighted by Gasteiger charge is -2.10. The maximum Gasteiger partial charge on any atom is 0.0480 e. The quantitative estimate of drug-likeness (QED) is 0.685. The van der Waals surface area contributed by atoms with Crippen LogP contribution in [0.15, 0.2) is 55.0 Å². The smallest absolute Gasteiger partial charge is 0.0480 e. The highest BCUT2D eigenvalue weighted by Gasteiger charge is 2.14. The molecule has 0 aliphatic heterocycles. The first kappa shape index (κ1) is 13.6. The molecule has 2 nitrogen and oxygen atoms in total. The average Bonchev–Trinajstić information content (AvgIpc) is 2.77. The molecule has 98 valence electrons. The van der Waals surface area contributed by atoms with Crippen LogP contribution in [0.3, 0.4) is 0 Å². The summed E-state index contributed by atoms with van der Waals surface area (Å²) in [5, 5.41) is 1.34. The molecular weight excluding hydrogens is 256 g/mol. The molecule has 1 atom stereocenters. The van der Waals surface area contributed by atoms with Crippen LogP contribution < -0.4 is 0 Å². The number of aryl methyl sites for hydroxylation is 1. The van der Waals surface area contributed by atoms with Crippen LogP contribution in [0.25, 0.3) is 10.9 Å². The normalized spacial score (nSPS) is 12.1. The zero-order chi connectivity index (χ0) is 12.5. The summed E-state index contributed by atoms with van der Waals surface area (Å²) in [6.07, 6.45) is 5.95. The van der Waals surface area contributed by atoms with Crippen LogP contribution in [-0.2, 0) is 7.05 Å². The number of para-hydroxylation sites is 1. The number of hydrogen-bond donors (Lipinski definition) is 0. The van der Waals surface area contributed by atoms with Gasteiger partial charge in [-0.05, 0) is 29.3 Å². The fraction of sp³-hybridized carbons (Fsp3) is 0.188. The first-order chi connectivity index (χ1) is 8.77. The number of aromatic nitrogens is 2. The Morgan fingerprint density at radius 1 is 1.05 bits per heavy atom. The van der Waals surface area contributed by atoms with Gasteiger partial charge < -0.3 is 4.57 Å². The van der Waals surface area contributed by atoms with Gasteiger partial charge in [-0.2, -0.15) is 0 Å². The Hall–Kier alpha value is -1.80. The number of benzene rings is 1. The maximum absolute atomic E-state index is 4.08. The van der Waals surface area contributed by atoms with Crippen molar-refractivity contribution in [3.63, 3.8) is 0 Å². The second-order valence-corrected chi connectivity index (χ2v) is 4.71. The average molecular weight is 273 g/mol. The van der Waals surface area contributed by atoms with Crippen LogP contribution in [-0.4, -0.2) is 9.55 Å². The van der Waals surface area contributed by atoms with E-state index in [1.54, 1.807) is 0 Å². The Balaban J connectivity index is 0.00000133. The molecule has 0 saturated heterocycles. The Kier molecular flexibility index (Phi) is 3.91. The van der Waals surface area contributed by atoms with Crippen molar-refractivity contribution < 1.29 is 0 Å². The molecule has 2 heterocycles. The third-order valence-corrected chi connectivity index (χ3v) is 3.60. The van der Waals surface area contributed by atoms with Crippen LogP contribution in [0.1, 0.15) is 24.0 Å². The van der Waals surface area contributed by atoms with Crippen molar-refractivity contribution >= 4 is 23.3 Å². The highest BCUT2D eigenvalue weighted by Crippen LogP contribution is 2.31. The van der Waals surface area contributed by atoms with Crippen molar-refractivity contribution in [2.45, 2.75) is 12.8 Å². The van der Waals surface area contributed by atoms with Crippen LogP contribution in [0.5, 0.6) is 0 Å². The Bertz CT molecular complexity index is 674. The molecule has 0 aliphatic carbocycles. The van der Waals surface area contributed by atoms with Gasteiger partial charge in [0.15, 0.2) is 0 Å². The van der Waals surface area contributed by atoms with E-state index in [4.69, 9.17) is 0 Å². The van der Waals surface area contributed by atoms with Gasteiger partial charge in [-0.15, -0.1) is 12.4 Å². The fourth-order valence-corrected chi connectivity index (χ4v) is 2.55. The van der Waals surface area contributed by atoms with E-state index in [1.165, 1.54) is 22.0 Å². The number of hydrogen-bond acceptors (Lipinski definition) is 1. The largest absolute Gasteiger partial charge is 0.350 e. The van der Waals surface area contributed by atoms with Gasteiger partial charge >= 0.3 is 0 Å². The molecule has 0 spiro atoms. The second kappa shape index (κ2) is 5.45. The van der Waals surface area contributed by atoms with Crippen molar-refractivity contribution in [3.05, 3.63) is 66.1 Å². The topological polar surface area (TPSA) is 17.8 Å². The maximum atomic E-state index is 4.08. The fourth-order valence-electron chi connectivity index (χ4n) is 2.55. The van der Waals surface area contributed by atoms with E-state index in [1.807, 2.05) is 12.4 Å². The van der Waals surface area contributed by atoms with Crippen LogP contribution in [0.2, 0.25) is 0 Å². The van der Waals surface area contributed by atoms with Gasteiger partial charge in [0.1, 0.15) is 0 Å². The first-order valence-electron chi connectivity index (χ1n) is 6.21. The summed E-state index contributed by atoms with van der Waals surface area (Å²) in [4.78, 5) is 4.08. The molecule has 0 fully saturated rings. The van der Waals surface area contributed by atoms with Crippen LogP contribution >= 0.6 is 12.4 Å². The molecule has 0 N–H and O–H groups in total. The van der Waals surface area contributed by atoms with Gasteiger partial charge in [-0.25, -0.2) is 0 Å². The minimum absolute atomic E-state index is 0. The molecule has 19 heavy (non-hydrogen) atoms. The monoisotopic (exact) mass is 272 g/mol. The lowest BCUT2D eigenvalue weighted by molar-refractivity contribution is 0.896. The first-order valence-corrected chi connectivity index (χ1v) is 6.21. The van der Waals surface area contributed by atoms with E-state index < -0.39 is 0 Å². The molecule has 3 heteroatoms. The molecule has 3 aromatic rings. The number of rotatable bonds is 2. The second-order valence-electron chi connectivity index (χ2n) is 4.71. The summed E-state index contributed by atoms with van der Waals surface area (Å²) < 4.78 is 2.20. The standard InChI is InChI=1S/C16H16N2.ClH/c1-12(13-7-9-17-10-8-13)15-11-18(2)16-6-4-3-5-14(15)16;/h3-12H,1-2H3;1H. The zero-order valence-corrected chi connectivity index (χ0v) is 11.9. The molecule has 0 aliphatic rings. The molecular formula is C16H17ClN2. The summed E-state index contributed by atoms with van der Waals surface area (Å²) >= 11 is 0. The number of fused-ring (bicyclic) bond motifs is 1. The summed E-state index contributed by atoms with van der Waals surface area (Å²) in [7, 11) is 2.10. The van der Waals surface area contributed by atoms with E-state index in [0.29, 0.717) is 5.92 Å². The van der Waals surface area contributed by atoms with Crippen molar-refractivity contribution in [1.29, 1.82) is 0 Å². The van der Waals surface area contributed by atoms with Gasteiger partial charge in [0.2, 0.25) is 0 Å². The Morgan fingerprint density at radius 3 is 2.47 bits per heavy atom. The van der Waals surface area contributed by atoms with E-state index in [-0.39, 0.29) is 12.4 Å². The number of pyridine rings is 1. The molecule has 0 bridgehead atoms. The molecule has 0 amide bonds. The highest BCUT2D eigenvalue weighted by molar-refractivity contribution is 5.85. The predicted octanol–water partition coefficient (Wildman–Crippen LogP) is 4.15. The van der Waals surface area contributed by atoms with Crippen molar-refractivity contribution in [1.82, 2.24) is 9.55 Å². The van der Waals surface area contributed by atoms with Gasteiger partial charge in [-0.3, -0.25) is 4.98 Å². The number of halogens is 1. The molecule has 1 aromatic carbocycles. The van der Waals surface area contributed by atoms with Gasteiger partial charge in [0, 0.05) is 42.5 Å². The summed E-state index contributed by atoms with van der Waals surface area (Å²) in [5.74, 6) is 0.388. The molecule has 3 rings (SSSR count). The third-order valence-electron chi connectivity index (χ3n) is 3.60. The summed E-state index contributed by atoms with van der Waals surface area (Å²) in [6, 6.07) is 12.7. The van der Waals surface area contributed by atoms with E-state index in [2.05, 4.69) is 66.1 Å². The van der Waals surface area contributed by atoms with Gasteiger partial charge in [-0.1, -0.05) is 25.1 Å². The predicted molar refractivity (Wildman–Crippen MR) is 81.9 cm³/mol. The number of nitrogens with zero attached hydrogens (tertiary/aromatic N) is 2. The van der Waals surface area contributed by atoms with Crippen molar-refractivity contribution in [2.24, 2.45) is 7.05 Å². The molecule has 0 saturated carbocycles. The Morgan fingerprint density at radius 2 is 1.74 bits per heavy atom. The zero-order valence-electron chi connectivity index (χ0n) is 11.1. The van der Waals surface area contributed by atoms with Gasteiger partial charge in [0.25, 0.3) is 0 Å². The summed E-state index contributed by atoms with van der Waals surface area (Å²) in [6.45, 7) is 2.25. The molecule has 0 radical (unpaired) electrons. The summed E-state index contributed by atoms with van der Waals surface area (Å²) in [5.41, 5.74) is 3.97. The SMILES string of the molecule is CC(c1ccncc1)c1cn(C)c2ccccc12.Cl.